The van der Waals surface area contributed by atoms with Crippen LogP contribution in [0.5, 0.6) is 5.75 Å². The molecule has 22 heavy (non-hydrogen) atoms. The molecule has 3 rings (SSSR count). The van der Waals surface area contributed by atoms with E-state index >= 15 is 0 Å². The van der Waals surface area contributed by atoms with Gasteiger partial charge in [0, 0.05) is 36.8 Å². The minimum absolute atomic E-state index is 0.338. The van der Waals surface area contributed by atoms with Gasteiger partial charge in [-0.15, -0.1) is 11.3 Å². The molecule has 1 aliphatic heterocycles. The van der Waals surface area contributed by atoms with Crippen LogP contribution in [0.25, 0.3) is 0 Å². The summed E-state index contributed by atoms with van der Waals surface area (Å²) in [7, 11) is 0. The highest BCUT2D eigenvalue weighted by atomic mass is 32.1. The highest BCUT2D eigenvalue weighted by Gasteiger charge is 2.39. The first-order chi connectivity index (χ1) is 10.5. The number of aromatic nitrogens is 1. The predicted octanol–water partition coefficient (Wildman–Crippen LogP) is 2.69. The van der Waals surface area contributed by atoms with Crippen LogP contribution in [0.15, 0.2) is 36.0 Å². The minimum atomic E-state index is -0.920. The van der Waals surface area contributed by atoms with E-state index in [0.29, 0.717) is 18.7 Å². The fourth-order valence-electron chi connectivity index (χ4n) is 2.62. The number of piperidine rings is 1. The first-order valence-electron chi connectivity index (χ1n) is 7.27. The molecule has 0 saturated carbocycles. The van der Waals surface area contributed by atoms with E-state index < -0.39 is 11.7 Å². The predicted molar refractivity (Wildman–Crippen MR) is 83.4 cm³/mol. The molecule has 2 atom stereocenters. The molecule has 1 aliphatic rings. The van der Waals surface area contributed by atoms with Crippen LogP contribution in [0.1, 0.15) is 18.2 Å². The average Bonchev–Trinajstić information content (AvgIpc) is 2.96. The molecule has 1 saturated heterocycles. The van der Waals surface area contributed by atoms with E-state index in [-0.39, 0.29) is 5.82 Å². The number of nitrogens with zero attached hydrogens (tertiary/aromatic N) is 2. The zero-order chi connectivity index (χ0) is 15.6. The Morgan fingerprint density at radius 2 is 2.41 bits per heavy atom. The Bertz CT molecular complexity index is 618. The van der Waals surface area contributed by atoms with Gasteiger partial charge in [0.1, 0.15) is 23.3 Å². The van der Waals surface area contributed by atoms with Crippen molar-refractivity contribution in [3.8, 4) is 5.75 Å². The van der Waals surface area contributed by atoms with Crippen molar-refractivity contribution in [3.05, 3.63) is 46.7 Å². The minimum Gasteiger partial charge on any atom is -0.486 e. The lowest BCUT2D eigenvalue weighted by Gasteiger charge is -2.42. The van der Waals surface area contributed by atoms with E-state index in [4.69, 9.17) is 4.74 Å². The average molecular weight is 322 g/mol. The second kappa shape index (κ2) is 6.32. The van der Waals surface area contributed by atoms with Crippen LogP contribution >= 0.6 is 11.3 Å². The van der Waals surface area contributed by atoms with E-state index in [0.717, 1.165) is 13.1 Å². The Balaban J connectivity index is 1.69. The number of rotatable bonds is 4. The van der Waals surface area contributed by atoms with Gasteiger partial charge in [0.05, 0.1) is 5.51 Å². The summed E-state index contributed by atoms with van der Waals surface area (Å²) in [5, 5.41) is 10.6. The number of likely N-dealkylation sites (tertiary alicyclic amines) is 1. The molecule has 4 nitrogen and oxygen atoms in total. The smallest absolute Gasteiger partial charge is 0.140 e. The van der Waals surface area contributed by atoms with Gasteiger partial charge in [-0.05, 0) is 25.5 Å². The van der Waals surface area contributed by atoms with Crippen LogP contribution in [0.2, 0.25) is 0 Å². The molecule has 118 valence electrons. The molecule has 1 aromatic carbocycles. The first-order valence-corrected chi connectivity index (χ1v) is 8.15. The van der Waals surface area contributed by atoms with Crippen molar-refractivity contribution >= 4 is 11.3 Å². The summed E-state index contributed by atoms with van der Waals surface area (Å²) in [6.07, 6.45) is 2.09. The molecule has 2 aromatic rings. The number of ether oxygens (including phenoxy) is 1. The Labute approximate surface area is 133 Å². The number of benzene rings is 1. The van der Waals surface area contributed by atoms with E-state index in [1.807, 2.05) is 11.7 Å². The van der Waals surface area contributed by atoms with Crippen molar-refractivity contribution in [1.82, 2.24) is 9.88 Å². The lowest BCUT2D eigenvalue weighted by Crippen LogP contribution is -2.56. The number of hydrogen-bond acceptors (Lipinski definition) is 5. The maximum Gasteiger partial charge on any atom is 0.140 e. The maximum absolute atomic E-state index is 13.3. The number of thiazole rings is 1. The zero-order valence-electron chi connectivity index (χ0n) is 12.4. The quantitative estimate of drug-likeness (QED) is 0.940. The van der Waals surface area contributed by atoms with E-state index in [9.17, 15) is 9.50 Å². The van der Waals surface area contributed by atoms with Gasteiger partial charge >= 0.3 is 0 Å². The Kier molecular flexibility index (Phi) is 4.42. The third-order valence-electron chi connectivity index (χ3n) is 3.99. The molecule has 1 N–H and O–H groups in total. The third-order valence-corrected chi connectivity index (χ3v) is 4.75. The van der Waals surface area contributed by atoms with Gasteiger partial charge in [-0.25, -0.2) is 4.39 Å². The highest BCUT2D eigenvalue weighted by Crippen LogP contribution is 2.28. The Morgan fingerprint density at radius 3 is 3.14 bits per heavy atom. The molecule has 0 aliphatic carbocycles. The molecule has 6 heteroatoms. The topological polar surface area (TPSA) is 45.6 Å². The van der Waals surface area contributed by atoms with Crippen LogP contribution in [0, 0.1) is 5.82 Å². The zero-order valence-corrected chi connectivity index (χ0v) is 13.2. The number of hydrogen-bond donors (Lipinski definition) is 1. The second-order valence-corrected chi connectivity index (χ2v) is 6.84. The molecule has 0 spiro atoms. The number of halogens is 1. The summed E-state index contributed by atoms with van der Waals surface area (Å²) in [5.41, 5.74) is 0.896. The largest absolute Gasteiger partial charge is 0.486 e. The molecule has 1 fully saturated rings. The van der Waals surface area contributed by atoms with Crippen molar-refractivity contribution < 1.29 is 14.2 Å². The van der Waals surface area contributed by atoms with Crippen molar-refractivity contribution in [2.75, 3.05) is 13.1 Å². The lowest BCUT2D eigenvalue weighted by atomic mass is 9.90. The summed E-state index contributed by atoms with van der Waals surface area (Å²) in [4.78, 5) is 7.50. The summed E-state index contributed by atoms with van der Waals surface area (Å²) in [6.45, 7) is 3.97. The van der Waals surface area contributed by atoms with E-state index in [2.05, 4.69) is 9.88 Å². The molecule has 0 radical (unpaired) electrons. The Hall–Kier alpha value is -1.50. The summed E-state index contributed by atoms with van der Waals surface area (Å²) in [5.74, 6) is 0.111. The van der Waals surface area contributed by atoms with Gasteiger partial charge in [-0.2, -0.15) is 0 Å². The first kappa shape index (κ1) is 15.4. The van der Waals surface area contributed by atoms with Crippen molar-refractivity contribution in [2.45, 2.75) is 31.6 Å². The van der Waals surface area contributed by atoms with Crippen molar-refractivity contribution in [3.63, 3.8) is 0 Å². The van der Waals surface area contributed by atoms with E-state index in [1.165, 1.54) is 17.0 Å². The summed E-state index contributed by atoms with van der Waals surface area (Å²) in [6, 6.07) is 6.04. The van der Waals surface area contributed by atoms with Gasteiger partial charge in [0.15, 0.2) is 0 Å². The molecule has 2 heterocycles. The van der Waals surface area contributed by atoms with Gasteiger partial charge in [0.25, 0.3) is 0 Å². The normalized spacial score (nSPS) is 26.0. The standard InChI is InChI=1S/C16H19FN2O2S/c1-16(20)5-6-19(9-14-8-18-11-22-14)10-15(16)21-13-4-2-3-12(17)7-13/h2-4,7-8,11,15,20H,5-6,9-10H2,1H3/t15-,16-/m0/s1. The SMILES string of the molecule is C[C@]1(O)CCN(Cc2cncs2)C[C@@H]1Oc1cccc(F)c1. The molecule has 0 unspecified atom stereocenters. The third kappa shape index (κ3) is 3.63. The van der Waals surface area contributed by atoms with Gasteiger partial charge in [0.2, 0.25) is 0 Å². The summed E-state index contributed by atoms with van der Waals surface area (Å²) >= 11 is 1.62. The van der Waals surface area contributed by atoms with Crippen LogP contribution in [0.4, 0.5) is 4.39 Å². The van der Waals surface area contributed by atoms with Crippen molar-refractivity contribution in [2.24, 2.45) is 0 Å². The van der Waals surface area contributed by atoms with Crippen LogP contribution < -0.4 is 4.74 Å². The van der Waals surface area contributed by atoms with Crippen LogP contribution in [-0.4, -0.2) is 39.8 Å². The van der Waals surface area contributed by atoms with Gasteiger partial charge in [-0.3, -0.25) is 9.88 Å². The van der Waals surface area contributed by atoms with Gasteiger partial charge in [-0.1, -0.05) is 6.07 Å². The van der Waals surface area contributed by atoms with Gasteiger partial charge < -0.3 is 9.84 Å². The molecule has 1 aromatic heterocycles. The fourth-order valence-corrected chi connectivity index (χ4v) is 3.26. The fraction of sp³-hybridized carbons (Fsp3) is 0.438. The highest BCUT2D eigenvalue weighted by molar-refractivity contribution is 7.09. The second-order valence-electron chi connectivity index (χ2n) is 5.87. The van der Waals surface area contributed by atoms with Crippen LogP contribution in [0.3, 0.4) is 0 Å². The molecule has 0 bridgehead atoms. The number of aliphatic hydroxyl groups is 1. The van der Waals surface area contributed by atoms with Crippen LogP contribution in [-0.2, 0) is 6.54 Å². The molecular weight excluding hydrogens is 303 g/mol. The van der Waals surface area contributed by atoms with Crippen molar-refractivity contribution in [1.29, 1.82) is 0 Å². The Morgan fingerprint density at radius 1 is 1.55 bits per heavy atom. The molecular formula is C16H19FN2O2S. The summed E-state index contributed by atoms with van der Waals surface area (Å²) < 4.78 is 19.1. The molecule has 0 amide bonds. The monoisotopic (exact) mass is 322 g/mol. The van der Waals surface area contributed by atoms with E-state index in [1.54, 1.807) is 30.4 Å². The maximum atomic E-state index is 13.3. The lowest BCUT2D eigenvalue weighted by molar-refractivity contribution is -0.0964.